The maximum Gasteiger partial charge on any atom is 0.257 e. The van der Waals surface area contributed by atoms with E-state index in [2.05, 4.69) is 27.9 Å². The molecule has 4 heteroatoms. The molecule has 0 aliphatic rings. The molecule has 1 N–H and O–H groups in total. The third kappa shape index (κ3) is 3.95. The van der Waals surface area contributed by atoms with Crippen LogP contribution in [0.3, 0.4) is 0 Å². The van der Waals surface area contributed by atoms with Gasteiger partial charge in [0.05, 0.1) is 0 Å². The van der Waals surface area contributed by atoms with Crippen molar-refractivity contribution in [3.63, 3.8) is 0 Å². The lowest BCUT2D eigenvalue weighted by Gasteiger charge is -2.05. The van der Waals surface area contributed by atoms with Crippen molar-refractivity contribution in [2.75, 3.05) is 13.2 Å². The van der Waals surface area contributed by atoms with Crippen molar-refractivity contribution in [3.8, 4) is 5.75 Å². The first-order chi connectivity index (χ1) is 6.72. The third-order valence-electron chi connectivity index (χ3n) is 1.54. The Morgan fingerprint density at radius 3 is 3.00 bits per heavy atom. The zero-order valence-corrected chi connectivity index (χ0v) is 10.1. The summed E-state index contributed by atoms with van der Waals surface area (Å²) in [5.41, 5.74) is 0. The zero-order chi connectivity index (χ0) is 10.4. The summed E-state index contributed by atoms with van der Waals surface area (Å²) in [5.74, 6) is 0.634. The Labute approximate surface area is 97.0 Å². The summed E-state index contributed by atoms with van der Waals surface area (Å²) < 4.78 is 6.38. The van der Waals surface area contributed by atoms with Crippen LogP contribution in [0.15, 0.2) is 24.3 Å². The number of rotatable bonds is 4. The molecule has 0 bridgehead atoms. The summed E-state index contributed by atoms with van der Waals surface area (Å²) in [6.45, 7) is 2.59. The molecule has 3 nitrogen and oxygen atoms in total. The lowest BCUT2D eigenvalue weighted by atomic mass is 10.3. The van der Waals surface area contributed by atoms with Gasteiger partial charge in [-0.05, 0) is 47.7 Å². The molecule has 1 aromatic carbocycles. The lowest BCUT2D eigenvalue weighted by molar-refractivity contribution is -0.122. The highest BCUT2D eigenvalue weighted by Gasteiger charge is 2.00. The molecule has 0 aliphatic heterocycles. The van der Waals surface area contributed by atoms with Gasteiger partial charge in [-0.15, -0.1) is 0 Å². The van der Waals surface area contributed by atoms with E-state index in [1.165, 1.54) is 0 Å². The molecule has 0 atom stereocenters. The molecule has 1 rings (SSSR count). The van der Waals surface area contributed by atoms with Crippen LogP contribution in [0.1, 0.15) is 6.92 Å². The first kappa shape index (κ1) is 11.3. The SMILES string of the molecule is CCNC(=O)COc1cccc(I)c1. The maximum atomic E-state index is 11.1. The van der Waals surface area contributed by atoms with Crippen LogP contribution in [0.2, 0.25) is 0 Å². The van der Waals surface area contributed by atoms with E-state index in [1.807, 2.05) is 31.2 Å². The number of hydrogen-bond acceptors (Lipinski definition) is 2. The monoisotopic (exact) mass is 305 g/mol. The molecule has 0 heterocycles. The summed E-state index contributed by atoms with van der Waals surface area (Å²) >= 11 is 2.20. The molecule has 0 saturated heterocycles. The van der Waals surface area contributed by atoms with Crippen molar-refractivity contribution < 1.29 is 9.53 Å². The second-order valence-electron chi connectivity index (χ2n) is 2.70. The second-order valence-corrected chi connectivity index (χ2v) is 3.95. The van der Waals surface area contributed by atoms with E-state index in [0.29, 0.717) is 6.54 Å². The van der Waals surface area contributed by atoms with Gasteiger partial charge >= 0.3 is 0 Å². The standard InChI is InChI=1S/C10H12INO2/c1-2-12-10(13)7-14-9-5-3-4-8(11)6-9/h3-6H,2,7H2,1H3,(H,12,13). The van der Waals surface area contributed by atoms with Crippen LogP contribution in [0.25, 0.3) is 0 Å². The molecular formula is C10H12INO2. The first-order valence-electron chi connectivity index (χ1n) is 4.37. The number of amides is 1. The van der Waals surface area contributed by atoms with Gasteiger partial charge in [0.2, 0.25) is 0 Å². The fourth-order valence-electron chi connectivity index (χ4n) is 0.954. The molecular weight excluding hydrogens is 293 g/mol. The third-order valence-corrected chi connectivity index (χ3v) is 2.21. The van der Waals surface area contributed by atoms with E-state index in [-0.39, 0.29) is 12.5 Å². The van der Waals surface area contributed by atoms with Crippen LogP contribution in [0.5, 0.6) is 5.75 Å². The molecule has 0 spiro atoms. The topological polar surface area (TPSA) is 38.3 Å². The normalized spacial score (nSPS) is 9.57. The maximum absolute atomic E-state index is 11.1. The van der Waals surface area contributed by atoms with Crippen LogP contribution in [0.4, 0.5) is 0 Å². The predicted molar refractivity (Wildman–Crippen MR) is 63.3 cm³/mol. The smallest absolute Gasteiger partial charge is 0.257 e. The Hall–Kier alpha value is -0.780. The molecule has 0 radical (unpaired) electrons. The first-order valence-corrected chi connectivity index (χ1v) is 5.45. The quantitative estimate of drug-likeness (QED) is 0.862. The summed E-state index contributed by atoms with van der Waals surface area (Å²) in [6.07, 6.45) is 0. The average Bonchev–Trinajstić information content (AvgIpc) is 2.15. The molecule has 0 aromatic heterocycles. The number of likely N-dealkylation sites (N-methyl/N-ethyl adjacent to an activating group) is 1. The van der Waals surface area contributed by atoms with Crippen LogP contribution >= 0.6 is 22.6 Å². The van der Waals surface area contributed by atoms with E-state index in [4.69, 9.17) is 4.74 Å². The number of benzene rings is 1. The minimum Gasteiger partial charge on any atom is -0.484 e. The van der Waals surface area contributed by atoms with Crippen LogP contribution in [0, 0.1) is 3.57 Å². The fourth-order valence-corrected chi connectivity index (χ4v) is 1.47. The lowest BCUT2D eigenvalue weighted by Crippen LogP contribution is -2.28. The number of nitrogens with one attached hydrogen (secondary N) is 1. The largest absolute Gasteiger partial charge is 0.484 e. The zero-order valence-electron chi connectivity index (χ0n) is 7.92. The van der Waals surface area contributed by atoms with E-state index in [9.17, 15) is 4.79 Å². The Balaban J connectivity index is 2.41. The van der Waals surface area contributed by atoms with Crippen LogP contribution in [-0.4, -0.2) is 19.1 Å². The van der Waals surface area contributed by atoms with E-state index >= 15 is 0 Å². The molecule has 14 heavy (non-hydrogen) atoms. The van der Waals surface area contributed by atoms with Crippen LogP contribution in [-0.2, 0) is 4.79 Å². The minimum atomic E-state index is -0.0913. The Bertz CT molecular complexity index is 315. The van der Waals surface area contributed by atoms with E-state index in [1.54, 1.807) is 0 Å². The highest BCUT2D eigenvalue weighted by molar-refractivity contribution is 14.1. The van der Waals surface area contributed by atoms with Gasteiger partial charge in [0.25, 0.3) is 5.91 Å². The van der Waals surface area contributed by atoms with Gasteiger partial charge in [-0.25, -0.2) is 0 Å². The highest BCUT2D eigenvalue weighted by Crippen LogP contribution is 2.14. The molecule has 0 unspecified atom stereocenters. The van der Waals surface area contributed by atoms with Gasteiger partial charge in [-0.2, -0.15) is 0 Å². The van der Waals surface area contributed by atoms with E-state index < -0.39 is 0 Å². The van der Waals surface area contributed by atoms with Gasteiger partial charge in [-0.3, -0.25) is 4.79 Å². The van der Waals surface area contributed by atoms with Gasteiger partial charge in [0, 0.05) is 10.1 Å². The van der Waals surface area contributed by atoms with Crippen molar-refractivity contribution >= 4 is 28.5 Å². The molecule has 76 valence electrons. The molecule has 1 aromatic rings. The molecule has 1 amide bonds. The molecule has 0 fully saturated rings. The van der Waals surface area contributed by atoms with Crippen molar-refractivity contribution in [1.29, 1.82) is 0 Å². The average molecular weight is 305 g/mol. The number of carbonyl (C=O) groups excluding carboxylic acids is 1. The van der Waals surface area contributed by atoms with Gasteiger partial charge in [0.1, 0.15) is 5.75 Å². The summed E-state index contributed by atoms with van der Waals surface area (Å²) in [5, 5.41) is 2.66. The van der Waals surface area contributed by atoms with Crippen molar-refractivity contribution in [2.24, 2.45) is 0 Å². The Kier molecular flexibility index (Phi) is 4.72. The van der Waals surface area contributed by atoms with Gasteiger partial charge in [0.15, 0.2) is 6.61 Å². The van der Waals surface area contributed by atoms with Crippen molar-refractivity contribution in [3.05, 3.63) is 27.8 Å². The summed E-state index contributed by atoms with van der Waals surface area (Å²) in [7, 11) is 0. The number of halogens is 1. The van der Waals surface area contributed by atoms with Gasteiger partial charge < -0.3 is 10.1 Å². The molecule has 0 aliphatic carbocycles. The van der Waals surface area contributed by atoms with Crippen molar-refractivity contribution in [1.82, 2.24) is 5.32 Å². The Morgan fingerprint density at radius 1 is 1.57 bits per heavy atom. The summed E-state index contributed by atoms with van der Waals surface area (Å²) in [4.78, 5) is 11.1. The second kappa shape index (κ2) is 5.85. The minimum absolute atomic E-state index is 0.0773. The fraction of sp³-hybridized carbons (Fsp3) is 0.300. The summed E-state index contributed by atoms with van der Waals surface area (Å²) in [6, 6.07) is 7.59. The predicted octanol–water partition coefficient (Wildman–Crippen LogP) is 1.81. The van der Waals surface area contributed by atoms with Crippen LogP contribution < -0.4 is 10.1 Å². The van der Waals surface area contributed by atoms with E-state index in [0.717, 1.165) is 9.32 Å². The highest BCUT2D eigenvalue weighted by atomic mass is 127. The number of ether oxygens (including phenoxy) is 1. The Morgan fingerprint density at radius 2 is 2.36 bits per heavy atom. The van der Waals surface area contributed by atoms with Crippen molar-refractivity contribution in [2.45, 2.75) is 6.92 Å². The molecule has 0 saturated carbocycles. The van der Waals surface area contributed by atoms with Gasteiger partial charge in [-0.1, -0.05) is 6.07 Å². The number of hydrogen-bond donors (Lipinski definition) is 1. The number of carbonyl (C=O) groups is 1.